The Bertz CT molecular complexity index is 655. The molecular weight excluding hydrogens is 306 g/mol. The van der Waals surface area contributed by atoms with Crippen molar-refractivity contribution in [1.29, 1.82) is 0 Å². The van der Waals surface area contributed by atoms with Crippen LogP contribution in [0.3, 0.4) is 0 Å². The fraction of sp³-hybridized carbons (Fsp3) is 0.478. The maximum Gasteiger partial charge on any atom is 0.123 e. The van der Waals surface area contributed by atoms with Gasteiger partial charge in [-0.3, -0.25) is 0 Å². The molecule has 0 saturated heterocycles. The summed E-state index contributed by atoms with van der Waals surface area (Å²) in [6.45, 7) is 13.9. The highest BCUT2D eigenvalue weighted by Crippen LogP contribution is 2.39. The molecule has 0 amide bonds. The van der Waals surface area contributed by atoms with Gasteiger partial charge in [-0.05, 0) is 52.5 Å². The molecule has 0 aromatic heterocycles. The van der Waals surface area contributed by atoms with Gasteiger partial charge in [0.15, 0.2) is 0 Å². The number of benzene rings is 2. The SMILES string of the molecule is CC(C)(C)c1cc(CCCNc2ccccc2)cc(C(C)(C)C)c1O. The van der Waals surface area contributed by atoms with Crippen molar-refractivity contribution in [1.82, 2.24) is 0 Å². The highest BCUT2D eigenvalue weighted by Gasteiger charge is 2.26. The summed E-state index contributed by atoms with van der Waals surface area (Å²) in [5.74, 6) is 0.464. The third-order valence-corrected chi connectivity index (χ3v) is 4.53. The van der Waals surface area contributed by atoms with Crippen molar-refractivity contribution in [2.24, 2.45) is 0 Å². The van der Waals surface area contributed by atoms with Crippen LogP contribution in [-0.4, -0.2) is 11.7 Å². The molecule has 0 aliphatic heterocycles. The molecule has 2 heteroatoms. The first-order valence-electron chi connectivity index (χ1n) is 9.25. The summed E-state index contributed by atoms with van der Waals surface area (Å²) >= 11 is 0. The predicted molar refractivity (Wildman–Crippen MR) is 109 cm³/mol. The number of nitrogens with one attached hydrogen (secondary N) is 1. The zero-order valence-electron chi connectivity index (χ0n) is 16.6. The molecule has 0 fully saturated rings. The molecule has 2 rings (SSSR count). The van der Waals surface area contributed by atoms with Crippen LogP contribution in [0.4, 0.5) is 5.69 Å². The molecule has 2 aromatic rings. The van der Waals surface area contributed by atoms with E-state index in [1.165, 1.54) is 11.3 Å². The van der Waals surface area contributed by atoms with Gasteiger partial charge in [0, 0.05) is 12.2 Å². The second-order valence-electron chi connectivity index (χ2n) is 8.94. The third kappa shape index (κ3) is 5.26. The van der Waals surface area contributed by atoms with Gasteiger partial charge in [-0.15, -0.1) is 0 Å². The van der Waals surface area contributed by atoms with Crippen LogP contribution in [0.25, 0.3) is 0 Å². The predicted octanol–water partition coefficient (Wildman–Crippen LogP) is 6.03. The van der Waals surface area contributed by atoms with Crippen LogP contribution in [0.2, 0.25) is 0 Å². The van der Waals surface area contributed by atoms with Crippen LogP contribution >= 0.6 is 0 Å². The van der Waals surface area contributed by atoms with E-state index in [9.17, 15) is 5.11 Å². The second-order valence-corrected chi connectivity index (χ2v) is 8.94. The number of hydrogen-bond acceptors (Lipinski definition) is 2. The standard InChI is InChI=1S/C23H33NO/c1-22(2,3)19-15-17(16-20(21(19)25)23(4,5)6)11-10-14-24-18-12-8-7-9-13-18/h7-9,12-13,15-16,24-25H,10-11,14H2,1-6H3. The summed E-state index contributed by atoms with van der Waals surface area (Å²) in [5, 5.41) is 14.3. The van der Waals surface area contributed by atoms with E-state index in [1.54, 1.807) is 0 Å². The molecule has 0 heterocycles. The van der Waals surface area contributed by atoms with Crippen molar-refractivity contribution >= 4 is 5.69 Å². The van der Waals surface area contributed by atoms with Gasteiger partial charge in [0.2, 0.25) is 0 Å². The van der Waals surface area contributed by atoms with E-state index >= 15 is 0 Å². The van der Waals surface area contributed by atoms with E-state index in [-0.39, 0.29) is 10.8 Å². The molecule has 0 radical (unpaired) electrons. The van der Waals surface area contributed by atoms with Crippen molar-refractivity contribution in [2.45, 2.75) is 65.2 Å². The minimum absolute atomic E-state index is 0.0671. The number of hydrogen-bond donors (Lipinski definition) is 2. The lowest BCUT2D eigenvalue weighted by Crippen LogP contribution is -2.18. The van der Waals surface area contributed by atoms with Crippen LogP contribution in [0.15, 0.2) is 42.5 Å². The first-order valence-corrected chi connectivity index (χ1v) is 9.25. The fourth-order valence-electron chi connectivity index (χ4n) is 3.06. The zero-order chi connectivity index (χ0) is 18.7. The molecule has 0 atom stereocenters. The molecule has 0 aliphatic carbocycles. The average Bonchev–Trinajstić information content (AvgIpc) is 2.51. The molecule has 0 spiro atoms. The van der Waals surface area contributed by atoms with Gasteiger partial charge in [-0.2, -0.15) is 0 Å². The van der Waals surface area contributed by atoms with E-state index < -0.39 is 0 Å². The number of phenolic OH excluding ortho intramolecular Hbond substituents is 1. The molecule has 2 N–H and O–H groups in total. The summed E-state index contributed by atoms with van der Waals surface area (Å²) in [6.07, 6.45) is 2.07. The van der Waals surface area contributed by atoms with Gasteiger partial charge in [0.05, 0.1) is 0 Å². The van der Waals surface area contributed by atoms with E-state index in [0.717, 1.165) is 30.5 Å². The maximum atomic E-state index is 10.8. The highest BCUT2D eigenvalue weighted by atomic mass is 16.3. The Kier molecular flexibility index (Phi) is 5.82. The minimum atomic E-state index is -0.0671. The summed E-state index contributed by atoms with van der Waals surface area (Å²) in [4.78, 5) is 0. The summed E-state index contributed by atoms with van der Waals surface area (Å²) in [5.41, 5.74) is 4.43. The van der Waals surface area contributed by atoms with Crippen molar-refractivity contribution in [3.8, 4) is 5.75 Å². The lowest BCUT2D eigenvalue weighted by Gasteiger charge is -2.28. The molecule has 2 aromatic carbocycles. The number of para-hydroxylation sites is 1. The lowest BCUT2D eigenvalue weighted by molar-refractivity contribution is 0.422. The number of rotatable bonds is 5. The van der Waals surface area contributed by atoms with Gasteiger partial charge in [0.25, 0.3) is 0 Å². The number of aromatic hydroxyl groups is 1. The monoisotopic (exact) mass is 339 g/mol. The maximum absolute atomic E-state index is 10.8. The molecule has 25 heavy (non-hydrogen) atoms. The van der Waals surface area contributed by atoms with Crippen molar-refractivity contribution in [3.63, 3.8) is 0 Å². The van der Waals surface area contributed by atoms with E-state index in [0.29, 0.717) is 5.75 Å². The Balaban J connectivity index is 2.14. The van der Waals surface area contributed by atoms with Gasteiger partial charge in [0.1, 0.15) is 5.75 Å². The first kappa shape index (κ1) is 19.4. The Morgan fingerprint density at radius 2 is 1.36 bits per heavy atom. The Labute approximate surface area is 153 Å². The smallest absolute Gasteiger partial charge is 0.123 e. The van der Waals surface area contributed by atoms with Gasteiger partial charge >= 0.3 is 0 Å². The van der Waals surface area contributed by atoms with Crippen LogP contribution in [-0.2, 0) is 17.3 Å². The second kappa shape index (κ2) is 7.51. The Morgan fingerprint density at radius 1 is 0.840 bits per heavy atom. The van der Waals surface area contributed by atoms with Gasteiger partial charge < -0.3 is 10.4 Å². The van der Waals surface area contributed by atoms with E-state index in [1.807, 2.05) is 18.2 Å². The molecular formula is C23H33NO. The van der Waals surface area contributed by atoms with Gasteiger partial charge in [-0.25, -0.2) is 0 Å². The quantitative estimate of drug-likeness (QED) is 0.652. The highest BCUT2D eigenvalue weighted by molar-refractivity contribution is 5.50. The first-order chi connectivity index (χ1) is 11.6. The van der Waals surface area contributed by atoms with E-state index in [4.69, 9.17) is 0 Å². The normalized spacial score (nSPS) is 12.2. The largest absolute Gasteiger partial charge is 0.507 e. The van der Waals surface area contributed by atoms with Gasteiger partial charge in [-0.1, -0.05) is 71.9 Å². The van der Waals surface area contributed by atoms with E-state index in [2.05, 4.69) is 71.1 Å². The molecule has 0 bridgehead atoms. The third-order valence-electron chi connectivity index (χ3n) is 4.53. The van der Waals surface area contributed by atoms with Crippen LogP contribution < -0.4 is 5.32 Å². The summed E-state index contributed by atoms with van der Waals surface area (Å²) < 4.78 is 0. The fourth-order valence-corrected chi connectivity index (χ4v) is 3.06. The average molecular weight is 340 g/mol. The topological polar surface area (TPSA) is 32.3 Å². The molecule has 0 saturated carbocycles. The number of phenols is 1. The number of anilines is 1. The Hall–Kier alpha value is -1.96. The lowest BCUT2D eigenvalue weighted by atomic mass is 9.78. The Morgan fingerprint density at radius 3 is 1.84 bits per heavy atom. The van der Waals surface area contributed by atoms with Crippen LogP contribution in [0, 0.1) is 0 Å². The van der Waals surface area contributed by atoms with Crippen LogP contribution in [0.5, 0.6) is 5.75 Å². The zero-order valence-corrected chi connectivity index (χ0v) is 16.6. The molecule has 0 unspecified atom stereocenters. The molecule has 136 valence electrons. The molecule has 2 nitrogen and oxygen atoms in total. The van der Waals surface area contributed by atoms with Crippen LogP contribution in [0.1, 0.15) is 64.7 Å². The molecule has 0 aliphatic rings. The summed E-state index contributed by atoms with van der Waals surface area (Å²) in [7, 11) is 0. The summed E-state index contributed by atoms with van der Waals surface area (Å²) in [6, 6.07) is 14.7. The number of aryl methyl sites for hydroxylation is 1. The van der Waals surface area contributed by atoms with Crippen molar-refractivity contribution < 1.29 is 5.11 Å². The van der Waals surface area contributed by atoms with Crippen molar-refractivity contribution in [2.75, 3.05) is 11.9 Å². The minimum Gasteiger partial charge on any atom is -0.507 e. The van der Waals surface area contributed by atoms with Crippen molar-refractivity contribution in [3.05, 3.63) is 59.2 Å².